The number of hydrogen-bond acceptors (Lipinski definition) is 3. The maximum atomic E-state index is 12.7. The van der Waals surface area contributed by atoms with Gasteiger partial charge in [0.15, 0.2) is 0 Å². The summed E-state index contributed by atoms with van der Waals surface area (Å²) in [5, 5.41) is 2.74. The van der Waals surface area contributed by atoms with Crippen molar-refractivity contribution in [3.8, 4) is 5.69 Å². The van der Waals surface area contributed by atoms with Crippen LogP contribution in [0.1, 0.15) is 25.5 Å². The minimum absolute atomic E-state index is 0.246. The van der Waals surface area contributed by atoms with E-state index in [1.807, 2.05) is 37.3 Å². The Labute approximate surface area is 141 Å². The lowest BCUT2D eigenvalue weighted by Gasteiger charge is -2.12. The van der Waals surface area contributed by atoms with Crippen LogP contribution in [0.3, 0.4) is 0 Å². The van der Waals surface area contributed by atoms with E-state index in [1.165, 1.54) is 12.8 Å². The van der Waals surface area contributed by atoms with Gasteiger partial charge in [0.05, 0.1) is 18.0 Å². The van der Waals surface area contributed by atoms with Crippen molar-refractivity contribution >= 4 is 11.6 Å². The van der Waals surface area contributed by atoms with Gasteiger partial charge >= 0.3 is 0 Å². The van der Waals surface area contributed by atoms with Crippen molar-refractivity contribution in [3.63, 3.8) is 0 Å². The molecule has 1 atom stereocenters. The van der Waals surface area contributed by atoms with Crippen LogP contribution in [0.25, 0.3) is 5.69 Å². The number of carbonyl (C=O) groups excluding carboxylic acids is 1. The normalized spacial score (nSPS) is 15.3. The molecule has 0 aliphatic heterocycles. The molecule has 6 nitrogen and oxygen atoms in total. The highest BCUT2D eigenvalue weighted by Crippen LogP contribution is 2.29. The molecule has 1 saturated carbocycles. The van der Waals surface area contributed by atoms with Gasteiger partial charge in [-0.3, -0.25) is 14.3 Å². The van der Waals surface area contributed by atoms with Crippen molar-refractivity contribution in [2.75, 3.05) is 11.9 Å². The molecule has 0 unspecified atom stereocenters. The van der Waals surface area contributed by atoms with E-state index in [0.717, 1.165) is 5.69 Å². The van der Waals surface area contributed by atoms with Crippen LogP contribution < -0.4 is 10.9 Å². The van der Waals surface area contributed by atoms with Crippen LogP contribution in [-0.4, -0.2) is 28.0 Å². The lowest BCUT2D eigenvalue weighted by molar-refractivity contribution is -0.126. The number of ether oxygens (including phenoxy) is 1. The number of rotatable bonds is 6. The van der Waals surface area contributed by atoms with Crippen molar-refractivity contribution in [2.45, 2.75) is 32.8 Å². The Hall–Kier alpha value is -2.34. The summed E-state index contributed by atoms with van der Waals surface area (Å²) in [4.78, 5) is 25.0. The largest absolute Gasteiger partial charge is 0.368 e. The molecule has 1 aromatic heterocycles. The summed E-state index contributed by atoms with van der Waals surface area (Å²) >= 11 is 0. The minimum Gasteiger partial charge on any atom is -0.368 e. The van der Waals surface area contributed by atoms with Gasteiger partial charge < -0.3 is 10.1 Å². The van der Waals surface area contributed by atoms with Gasteiger partial charge in [0.2, 0.25) is 0 Å². The summed E-state index contributed by atoms with van der Waals surface area (Å²) in [6.07, 6.45) is 1.77. The lowest BCUT2D eigenvalue weighted by Crippen LogP contribution is -2.31. The summed E-state index contributed by atoms with van der Waals surface area (Å²) in [6, 6.07) is 9.35. The Morgan fingerprint density at radius 3 is 2.62 bits per heavy atom. The van der Waals surface area contributed by atoms with Crippen LogP contribution in [0.5, 0.6) is 0 Å². The van der Waals surface area contributed by atoms with Crippen molar-refractivity contribution < 1.29 is 9.53 Å². The van der Waals surface area contributed by atoms with Crippen molar-refractivity contribution in [3.05, 3.63) is 46.4 Å². The zero-order valence-corrected chi connectivity index (χ0v) is 14.3. The van der Waals surface area contributed by atoms with E-state index < -0.39 is 6.10 Å². The Morgan fingerprint density at radius 2 is 2.00 bits per heavy atom. The first-order valence-electron chi connectivity index (χ1n) is 8.25. The first kappa shape index (κ1) is 16.5. The second kappa shape index (κ2) is 6.65. The lowest BCUT2D eigenvalue weighted by atomic mass is 10.3. The van der Waals surface area contributed by atoms with Gasteiger partial charge in [0.25, 0.3) is 11.5 Å². The predicted molar refractivity (Wildman–Crippen MR) is 92.5 cm³/mol. The zero-order valence-electron chi connectivity index (χ0n) is 14.3. The Morgan fingerprint density at radius 1 is 1.33 bits per heavy atom. The highest BCUT2D eigenvalue weighted by atomic mass is 16.5. The maximum absolute atomic E-state index is 12.7. The molecule has 128 valence electrons. The number of carbonyl (C=O) groups is 1. The van der Waals surface area contributed by atoms with E-state index in [4.69, 9.17) is 4.74 Å². The highest BCUT2D eigenvalue weighted by Gasteiger charge is 2.25. The van der Waals surface area contributed by atoms with Crippen LogP contribution in [0.2, 0.25) is 0 Å². The van der Waals surface area contributed by atoms with Crippen LogP contribution in [-0.2, 0) is 16.6 Å². The predicted octanol–water partition coefficient (Wildman–Crippen LogP) is 2.24. The van der Waals surface area contributed by atoms with Crippen LogP contribution in [0.4, 0.5) is 5.69 Å². The molecule has 1 fully saturated rings. The fourth-order valence-electron chi connectivity index (χ4n) is 2.58. The molecule has 1 heterocycles. The summed E-state index contributed by atoms with van der Waals surface area (Å²) in [7, 11) is 1.80. The van der Waals surface area contributed by atoms with E-state index in [1.54, 1.807) is 23.3 Å². The molecule has 0 spiro atoms. The van der Waals surface area contributed by atoms with Crippen molar-refractivity contribution in [2.24, 2.45) is 13.0 Å². The number of aromatic nitrogens is 2. The Bertz CT molecular complexity index is 788. The third kappa shape index (κ3) is 3.28. The average molecular weight is 329 g/mol. The first-order chi connectivity index (χ1) is 11.5. The average Bonchev–Trinajstić information content (AvgIpc) is 3.38. The molecule has 0 saturated heterocycles. The van der Waals surface area contributed by atoms with Crippen LogP contribution >= 0.6 is 0 Å². The van der Waals surface area contributed by atoms with Gasteiger partial charge in [-0.25, -0.2) is 4.68 Å². The standard InChI is InChI=1S/C18H23N3O3/c1-12-16(19-17(22)13(2)24-11-14-9-10-14)18(23)21(20(12)3)15-7-5-4-6-8-15/h4-8,13-14H,9-11H2,1-3H3,(H,19,22)/t13-/m0/s1. The second-order valence-corrected chi connectivity index (χ2v) is 6.34. The summed E-state index contributed by atoms with van der Waals surface area (Å²) in [5.41, 5.74) is 1.51. The molecular weight excluding hydrogens is 306 g/mol. The fraction of sp³-hybridized carbons (Fsp3) is 0.444. The molecule has 24 heavy (non-hydrogen) atoms. The number of benzene rings is 1. The van der Waals surface area contributed by atoms with Gasteiger partial charge in [-0.2, -0.15) is 0 Å². The smallest absolute Gasteiger partial charge is 0.295 e. The van der Waals surface area contributed by atoms with Crippen LogP contribution in [0, 0.1) is 12.8 Å². The quantitative estimate of drug-likeness (QED) is 0.884. The summed E-state index contributed by atoms with van der Waals surface area (Å²) in [5.74, 6) is 0.302. The Balaban J connectivity index is 1.81. The molecule has 1 aliphatic rings. The van der Waals surface area contributed by atoms with Gasteiger partial charge in [-0.05, 0) is 44.7 Å². The van der Waals surface area contributed by atoms with Crippen LogP contribution in [0.15, 0.2) is 35.1 Å². The van der Waals surface area contributed by atoms with Gasteiger partial charge in [-0.1, -0.05) is 18.2 Å². The number of para-hydroxylation sites is 1. The highest BCUT2D eigenvalue weighted by molar-refractivity contribution is 5.94. The maximum Gasteiger partial charge on any atom is 0.295 e. The number of hydrogen-bond donors (Lipinski definition) is 1. The third-order valence-corrected chi connectivity index (χ3v) is 4.45. The minimum atomic E-state index is -0.574. The summed E-state index contributed by atoms with van der Waals surface area (Å²) in [6.45, 7) is 4.13. The molecule has 0 radical (unpaired) electrons. The Kier molecular flexibility index (Phi) is 4.57. The van der Waals surface area contributed by atoms with Gasteiger partial charge in [-0.15, -0.1) is 0 Å². The molecule has 6 heteroatoms. The number of anilines is 1. The van der Waals surface area contributed by atoms with Gasteiger partial charge in [0, 0.05) is 7.05 Å². The molecular formula is C18H23N3O3. The number of nitrogens with one attached hydrogen (secondary N) is 1. The molecule has 3 rings (SSSR count). The summed E-state index contributed by atoms with van der Waals surface area (Å²) < 4.78 is 8.86. The molecule has 1 aromatic carbocycles. The van der Waals surface area contributed by atoms with E-state index >= 15 is 0 Å². The van der Waals surface area contributed by atoms with Crippen molar-refractivity contribution in [1.29, 1.82) is 0 Å². The molecule has 1 N–H and O–H groups in total. The first-order valence-corrected chi connectivity index (χ1v) is 8.25. The second-order valence-electron chi connectivity index (χ2n) is 6.34. The third-order valence-electron chi connectivity index (χ3n) is 4.45. The SMILES string of the molecule is Cc1c(NC(=O)[C@H](C)OCC2CC2)c(=O)n(-c2ccccc2)n1C. The fourth-order valence-corrected chi connectivity index (χ4v) is 2.58. The molecule has 2 aromatic rings. The molecule has 1 amide bonds. The number of amides is 1. The molecule has 0 bridgehead atoms. The zero-order chi connectivity index (χ0) is 17.3. The topological polar surface area (TPSA) is 65.3 Å². The van der Waals surface area contributed by atoms with E-state index in [-0.39, 0.29) is 11.5 Å². The van der Waals surface area contributed by atoms with E-state index in [2.05, 4.69) is 5.32 Å². The van der Waals surface area contributed by atoms with Crippen molar-refractivity contribution in [1.82, 2.24) is 9.36 Å². The van der Waals surface area contributed by atoms with E-state index in [9.17, 15) is 9.59 Å². The number of nitrogens with zero attached hydrogens (tertiary/aromatic N) is 2. The van der Waals surface area contributed by atoms with Gasteiger partial charge in [0.1, 0.15) is 11.8 Å². The molecule has 1 aliphatic carbocycles. The monoisotopic (exact) mass is 329 g/mol. The van der Waals surface area contributed by atoms with E-state index in [0.29, 0.717) is 23.9 Å².